The topological polar surface area (TPSA) is 91.7 Å². The molecule has 0 atom stereocenters. The van der Waals surface area contributed by atoms with Gasteiger partial charge in [-0.25, -0.2) is 9.59 Å². The number of aromatic carboxylic acids is 2. The largest absolute Gasteiger partial charge is 0.478 e. The maximum atomic E-state index is 10.9. The van der Waals surface area contributed by atoms with Crippen LogP contribution in [0.4, 0.5) is 0 Å². The van der Waals surface area contributed by atoms with Crippen molar-refractivity contribution in [2.45, 2.75) is 13.8 Å². The van der Waals surface area contributed by atoms with Crippen LogP contribution in [0.15, 0.2) is 72.8 Å². The van der Waals surface area contributed by atoms with Crippen LogP contribution in [0, 0.1) is 13.8 Å². The predicted octanol–water partition coefficient (Wildman–Crippen LogP) is 5.51. The van der Waals surface area contributed by atoms with E-state index in [1.54, 1.807) is 12.1 Å². The fourth-order valence-electron chi connectivity index (χ4n) is 3.27. The molecule has 30 heavy (non-hydrogen) atoms. The second-order valence-corrected chi connectivity index (χ2v) is 6.56. The Hall–Kier alpha value is -3.99. The lowest BCUT2D eigenvalue weighted by Crippen LogP contribution is -1.97. The van der Waals surface area contributed by atoms with Crippen molar-refractivity contribution in [2.75, 3.05) is 0 Å². The number of fused-ring (bicyclic) bond motifs is 2. The molecule has 0 radical (unpaired) electrons. The number of carboxylic acid groups (broad SMARTS) is 2. The quantitative estimate of drug-likeness (QED) is 0.461. The highest BCUT2D eigenvalue weighted by atomic mass is 16.4. The van der Waals surface area contributed by atoms with E-state index in [2.05, 4.69) is 0 Å². The Kier molecular flexibility index (Phi) is 7.42. The van der Waals surface area contributed by atoms with Gasteiger partial charge in [0.05, 0.1) is 11.1 Å². The van der Waals surface area contributed by atoms with E-state index >= 15 is 0 Å². The molecule has 152 valence electrons. The lowest BCUT2D eigenvalue weighted by atomic mass is 10.0. The van der Waals surface area contributed by atoms with E-state index in [1.807, 2.05) is 81.3 Å². The van der Waals surface area contributed by atoms with Crippen molar-refractivity contribution < 1.29 is 24.6 Å². The van der Waals surface area contributed by atoms with E-state index in [0.29, 0.717) is 11.1 Å². The van der Waals surface area contributed by atoms with E-state index in [9.17, 15) is 9.59 Å². The molecule has 5 heteroatoms. The maximum Gasteiger partial charge on any atom is 0.336 e. The summed E-state index contributed by atoms with van der Waals surface area (Å²) in [5.41, 5.74) is 2.94. The van der Waals surface area contributed by atoms with Crippen molar-refractivity contribution in [2.24, 2.45) is 0 Å². The van der Waals surface area contributed by atoms with Crippen molar-refractivity contribution in [3.8, 4) is 0 Å². The van der Waals surface area contributed by atoms with Gasteiger partial charge in [-0.1, -0.05) is 60.7 Å². The average molecular weight is 402 g/mol. The average Bonchev–Trinajstić information content (AvgIpc) is 2.76. The summed E-state index contributed by atoms with van der Waals surface area (Å²) in [5, 5.41) is 21.6. The SMILES string of the molecule is C=O.Cc1ccc(C(=O)O)c2ccccc12.Cc1ccc(C(=O)O)c2ccccc12. The van der Waals surface area contributed by atoms with Crippen molar-refractivity contribution >= 4 is 40.3 Å². The van der Waals surface area contributed by atoms with Gasteiger partial charge in [0, 0.05) is 0 Å². The van der Waals surface area contributed by atoms with E-state index in [-0.39, 0.29) is 0 Å². The summed E-state index contributed by atoms with van der Waals surface area (Å²) in [6, 6.07) is 22.1. The molecule has 0 fully saturated rings. The number of carbonyl (C=O) groups is 3. The zero-order chi connectivity index (χ0) is 22.3. The fourth-order valence-corrected chi connectivity index (χ4v) is 3.27. The highest BCUT2D eigenvalue weighted by Gasteiger charge is 2.09. The van der Waals surface area contributed by atoms with E-state index in [1.165, 1.54) is 0 Å². The first-order valence-corrected chi connectivity index (χ1v) is 9.12. The smallest absolute Gasteiger partial charge is 0.336 e. The molecule has 0 aliphatic rings. The molecule has 0 saturated heterocycles. The van der Waals surface area contributed by atoms with E-state index < -0.39 is 11.9 Å². The first-order chi connectivity index (χ1) is 14.4. The molecule has 0 amide bonds. The molecule has 5 nitrogen and oxygen atoms in total. The molecule has 4 aromatic carbocycles. The van der Waals surface area contributed by atoms with Crippen LogP contribution < -0.4 is 0 Å². The molecule has 0 unspecified atom stereocenters. The van der Waals surface area contributed by atoms with Crippen LogP contribution in [0.25, 0.3) is 21.5 Å². The number of carboxylic acids is 2. The Morgan fingerprint density at radius 1 is 0.567 bits per heavy atom. The van der Waals surface area contributed by atoms with Gasteiger partial charge in [0.1, 0.15) is 6.79 Å². The standard InChI is InChI=1S/2C12H10O2.CH2O/c2*1-8-6-7-11(12(13)14)10-5-3-2-4-9(8)10;1-2/h2*2-7H,1H3,(H,13,14);1H2. The van der Waals surface area contributed by atoms with Crippen LogP contribution in [-0.4, -0.2) is 28.9 Å². The van der Waals surface area contributed by atoms with Gasteiger partial charge in [-0.15, -0.1) is 0 Å². The predicted molar refractivity (Wildman–Crippen MR) is 118 cm³/mol. The van der Waals surface area contributed by atoms with Gasteiger partial charge < -0.3 is 15.0 Å². The Morgan fingerprint density at radius 3 is 1.17 bits per heavy atom. The van der Waals surface area contributed by atoms with Crippen molar-refractivity contribution in [1.29, 1.82) is 0 Å². The zero-order valence-corrected chi connectivity index (χ0v) is 16.8. The zero-order valence-electron chi connectivity index (χ0n) is 16.8. The summed E-state index contributed by atoms with van der Waals surface area (Å²) in [4.78, 5) is 29.9. The first kappa shape index (κ1) is 22.3. The minimum Gasteiger partial charge on any atom is -0.478 e. The van der Waals surface area contributed by atoms with Crippen LogP contribution in [-0.2, 0) is 4.79 Å². The third-order valence-electron chi connectivity index (χ3n) is 4.74. The summed E-state index contributed by atoms with van der Waals surface area (Å²) in [6.45, 7) is 5.96. The van der Waals surface area contributed by atoms with Gasteiger partial charge in [0.2, 0.25) is 0 Å². The molecule has 4 aromatic rings. The molecular formula is C25H22O5. The van der Waals surface area contributed by atoms with Gasteiger partial charge >= 0.3 is 11.9 Å². The number of hydrogen-bond donors (Lipinski definition) is 2. The number of hydrogen-bond acceptors (Lipinski definition) is 3. The van der Waals surface area contributed by atoms with Crippen molar-refractivity contribution in [3.63, 3.8) is 0 Å². The van der Waals surface area contributed by atoms with Crippen LogP contribution in [0.5, 0.6) is 0 Å². The van der Waals surface area contributed by atoms with Gasteiger partial charge in [0.15, 0.2) is 0 Å². The Balaban J connectivity index is 0.000000197. The summed E-state index contributed by atoms with van der Waals surface area (Å²) in [7, 11) is 0. The molecule has 4 rings (SSSR count). The molecule has 0 heterocycles. The highest BCUT2D eigenvalue weighted by Crippen LogP contribution is 2.23. The van der Waals surface area contributed by atoms with Gasteiger partial charge in [-0.05, 0) is 58.7 Å². The lowest BCUT2D eigenvalue weighted by Gasteiger charge is -2.04. The third-order valence-corrected chi connectivity index (χ3v) is 4.74. The summed E-state index contributed by atoms with van der Waals surface area (Å²) in [5.74, 6) is -1.75. The van der Waals surface area contributed by atoms with Crippen LogP contribution >= 0.6 is 0 Å². The third kappa shape index (κ3) is 4.70. The summed E-state index contributed by atoms with van der Waals surface area (Å²) >= 11 is 0. The van der Waals surface area contributed by atoms with Gasteiger partial charge in [-0.3, -0.25) is 0 Å². The van der Waals surface area contributed by atoms with E-state index in [4.69, 9.17) is 15.0 Å². The Morgan fingerprint density at radius 2 is 0.867 bits per heavy atom. The minimum atomic E-state index is -0.874. The summed E-state index contributed by atoms with van der Waals surface area (Å²) in [6.07, 6.45) is 0. The first-order valence-electron chi connectivity index (χ1n) is 9.12. The van der Waals surface area contributed by atoms with Crippen molar-refractivity contribution in [3.05, 3.63) is 95.1 Å². The Bertz CT molecular complexity index is 1120. The molecule has 0 aromatic heterocycles. The molecule has 0 aliphatic heterocycles. The second kappa shape index (κ2) is 9.98. The van der Waals surface area contributed by atoms with Gasteiger partial charge in [0.25, 0.3) is 0 Å². The van der Waals surface area contributed by atoms with E-state index in [0.717, 1.165) is 32.7 Å². The molecule has 0 saturated carbocycles. The highest BCUT2D eigenvalue weighted by molar-refractivity contribution is 6.05. The van der Waals surface area contributed by atoms with Gasteiger partial charge in [-0.2, -0.15) is 0 Å². The number of benzene rings is 4. The molecule has 0 spiro atoms. The maximum absolute atomic E-state index is 10.9. The lowest BCUT2D eigenvalue weighted by molar-refractivity contribution is -0.0980. The second-order valence-electron chi connectivity index (χ2n) is 6.56. The van der Waals surface area contributed by atoms with Crippen LogP contribution in [0.2, 0.25) is 0 Å². The van der Waals surface area contributed by atoms with Crippen LogP contribution in [0.1, 0.15) is 31.8 Å². The van der Waals surface area contributed by atoms with Crippen LogP contribution in [0.3, 0.4) is 0 Å². The van der Waals surface area contributed by atoms with Crippen molar-refractivity contribution in [1.82, 2.24) is 0 Å². The molecule has 0 bridgehead atoms. The molecular weight excluding hydrogens is 380 g/mol. The minimum absolute atomic E-state index is 0.367. The monoisotopic (exact) mass is 402 g/mol. The normalized spacial score (nSPS) is 9.80. The molecule has 2 N–H and O–H groups in total. The molecule has 0 aliphatic carbocycles. The number of aryl methyl sites for hydroxylation is 2. The number of carbonyl (C=O) groups excluding carboxylic acids is 1. The Labute approximate surface area is 174 Å². The fraction of sp³-hybridized carbons (Fsp3) is 0.0800. The number of rotatable bonds is 2. The summed E-state index contributed by atoms with van der Waals surface area (Å²) < 4.78 is 0.